The molecule has 0 unspecified atom stereocenters. The summed E-state index contributed by atoms with van der Waals surface area (Å²) < 4.78 is 1.99. The highest BCUT2D eigenvalue weighted by molar-refractivity contribution is 7.99. The van der Waals surface area contributed by atoms with Crippen molar-refractivity contribution < 1.29 is 4.92 Å². The van der Waals surface area contributed by atoms with Gasteiger partial charge in [-0.05, 0) is 24.3 Å². The van der Waals surface area contributed by atoms with Crippen LogP contribution in [0.15, 0.2) is 53.8 Å². The molecule has 1 aliphatic heterocycles. The second kappa shape index (κ2) is 5.93. The normalized spacial score (nSPS) is 13.6. The molecule has 0 saturated carbocycles. The maximum absolute atomic E-state index is 10.8. The number of thioether (sulfide) groups is 1. The summed E-state index contributed by atoms with van der Waals surface area (Å²) >= 11 is 1.58. The molecule has 0 saturated heterocycles. The zero-order valence-corrected chi connectivity index (χ0v) is 13.3. The van der Waals surface area contributed by atoms with Crippen molar-refractivity contribution in [3.05, 3.63) is 58.8 Å². The lowest BCUT2D eigenvalue weighted by atomic mass is 10.2. The molecule has 0 bridgehead atoms. The number of aromatic nitrogens is 4. The number of hydrogen-bond donors (Lipinski definition) is 0. The summed E-state index contributed by atoms with van der Waals surface area (Å²) in [5, 5.41) is 20.1. The van der Waals surface area contributed by atoms with E-state index in [-0.39, 0.29) is 5.69 Å². The van der Waals surface area contributed by atoms with Crippen LogP contribution in [0.3, 0.4) is 0 Å². The molecule has 8 nitrogen and oxygen atoms in total. The fraction of sp³-hybridized carbons (Fsp3) is 0.133. The third-order valence-electron chi connectivity index (χ3n) is 3.69. The minimum absolute atomic E-state index is 0.0571. The zero-order chi connectivity index (χ0) is 16.5. The van der Waals surface area contributed by atoms with Crippen LogP contribution in [0.4, 0.5) is 11.5 Å². The summed E-state index contributed by atoms with van der Waals surface area (Å²) in [6, 6.07) is 12.1. The van der Waals surface area contributed by atoms with Crippen molar-refractivity contribution in [2.45, 2.75) is 11.8 Å². The van der Waals surface area contributed by atoms with Gasteiger partial charge in [0.1, 0.15) is 12.5 Å². The van der Waals surface area contributed by atoms with E-state index < -0.39 is 4.92 Å². The van der Waals surface area contributed by atoms with Crippen molar-refractivity contribution in [2.24, 2.45) is 0 Å². The van der Waals surface area contributed by atoms with Gasteiger partial charge in [-0.3, -0.25) is 14.7 Å². The molecule has 2 aromatic heterocycles. The van der Waals surface area contributed by atoms with Gasteiger partial charge >= 0.3 is 0 Å². The molecule has 3 aromatic rings. The van der Waals surface area contributed by atoms with Crippen LogP contribution < -0.4 is 4.90 Å². The molecular weight excluding hydrogens is 328 g/mol. The fourth-order valence-corrected chi connectivity index (χ4v) is 3.38. The van der Waals surface area contributed by atoms with Crippen molar-refractivity contribution in [1.29, 1.82) is 0 Å². The first kappa shape index (κ1) is 14.6. The maximum atomic E-state index is 10.8. The Morgan fingerprint density at radius 2 is 1.96 bits per heavy atom. The summed E-state index contributed by atoms with van der Waals surface area (Å²) in [6.45, 7) is 0.582. The van der Waals surface area contributed by atoms with Crippen LogP contribution in [0.1, 0.15) is 0 Å². The molecule has 0 fully saturated rings. The molecule has 0 radical (unpaired) electrons. The molecule has 1 aliphatic rings. The molecule has 120 valence electrons. The highest BCUT2D eigenvalue weighted by Gasteiger charge is 2.23. The van der Waals surface area contributed by atoms with Gasteiger partial charge in [-0.25, -0.2) is 4.98 Å². The number of hydrogen-bond acceptors (Lipinski definition) is 7. The van der Waals surface area contributed by atoms with E-state index in [1.807, 2.05) is 22.8 Å². The Hall–Kier alpha value is -2.94. The number of rotatable bonds is 3. The number of nitrogens with zero attached hydrogens (tertiary/aromatic N) is 6. The largest absolute Gasteiger partial charge is 0.329 e. The minimum Gasteiger partial charge on any atom is -0.329 e. The maximum Gasteiger partial charge on any atom is 0.269 e. The molecule has 3 heterocycles. The van der Waals surface area contributed by atoms with Gasteiger partial charge < -0.3 is 4.90 Å². The molecule has 0 aliphatic carbocycles. The molecule has 1 aromatic carbocycles. The van der Waals surface area contributed by atoms with Crippen LogP contribution in [0, 0.1) is 10.1 Å². The van der Waals surface area contributed by atoms with E-state index in [9.17, 15) is 10.1 Å². The number of fused-ring (bicyclic) bond motifs is 1. The topological polar surface area (TPSA) is 90.0 Å². The third kappa shape index (κ3) is 2.58. The highest BCUT2D eigenvalue weighted by Crippen LogP contribution is 2.31. The van der Waals surface area contributed by atoms with Gasteiger partial charge in [0, 0.05) is 23.9 Å². The first-order chi connectivity index (χ1) is 11.7. The first-order valence-corrected chi connectivity index (χ1v) is 8.18. The number of benzene rings is 1. The summed E-state index contributed by atoms with van der Waals surface area (Å²) in [5.74, 6) is 2.32. The average Bonchev–Trinajstić information content (AvgIpc) is 3.05. The SMILES string of the molecule is O=[N+]([O-])c1ccc(-c2nnc3n2CN(c2ccccn2)CS3)cc1. The van der Waals surface area contributed by atoms with Gasteiger partial charge in [0.25, 0.3) is 5.69 Å². The van der Waals surface area contributed by atoms with E-state index in [1.165, 1.54) is 12.1 Å². The predicted octanol–water partition coefficient (Wildman–Crippen LogP) is 2.78. The summed E-state index contributed by atoms with van der Waals surface area (Å²) in [7, 11) is 0. The number of non-ortho nitro benzene ring substituents is 1. The van der Waals surface area contributed by atoms with E-state index in [1.54, 1.807) is 30.1 Å². The molecule has 0 N–H and O–H groups in total. The zero-order valence-electron chi connectivity index (χ0n) is 12.4. The van der Waals surface area contributed by atoms with Crippen LogP contribution >= 0.6 is 11.8 Å². The van der Waals surface area contributed by atoms with Crippen molar-refractivity contribution >= 4 is 23.3 Å². The van der Waals surface area contributed by atoms with Crippen LogP contribution in [0.25, 0.3) is 11.4 Å². The second-order valence-electron chi connectivity index (χ2n) is 5.18. The van der Waals surface area contributed by atoms with Crippen molar-refractivity contribution in [3.63, 3.8) is 0 Å². The van der Waals surface area contributed by atoms with Crippen molar-refractivity contribution in [3.8, 4) is 11.4 Å². The quantitative estimate of drug-likeness (QED) is 0.535. The van der Waals surface area contributed by atoms with E-state index >= 15 is 0 Å². The van der Waals surface area contributed by atoms with Crippen molar-refractivity contribution in [1.82, 2.24) is 19.7 Å². The first-order valence-electron chi connectivity index (χ1n) is 7.19. The van der Waals surface area contributed by atoms with E-state index in [4.69, 9.17) is 0 Å². The van der Waals surface area contributed by atoms with Gasteiger partial charge in [0.2, 0.25) is 0 Å². The second-order valence-corrected chi connectivity index (χ2v) is 6.09. The number of nitro groups is 1. The van der Waals surface area contributed by atoms with Gasteiger partial charge in [0.15, 0.2) is 11.0 Å². The highest BCUT2D eigenvalue weighted by atomic mass is 32.2. The number of pyridine rings is 1. The summed E-state index contributed by atoms with van der Waals surface area (Å²) in [6.07, 6.45) is 1.76. The Balaban J connectivity index is 1.66. The Morgan fingerprint density at radius 1 is 1.12 bits per heavy atom. The lowest BCUT2D eigenvalue weighted by molar-refractivity contribution is -0.384. The lowest BCUT2D eigenvalue weighted by Crippen LogP contribution is -2.31. The van der Waals surface area contributed by atoms with Crippen molar-refractivity contribution in [2.75, 3.05) is 10.8 Å². The third-order valence-corrected chi connectivity index (χ3v) is 4.69. The molecule has 9 heteroatoms. The average molecular weight is 340 g/mol. The molecule has 0 atom stereocenters. The molecule has 0 spiro atoms. The van der Waals surface area contributed by atoms with Crippen LogP contribution in [0.2, 0.25) is 0 Å². The number of anilines is 1. The predicted molar refractivity (Wildman–Crippen MR) is 89.6 cm³/mol. The summed E-state index contributed by atoms with van der Waals surface area (Å²) in [4.78, 5) is 16.9. The molecule has 0 amide bonds. The smallest absolute Gasteiger partial charge is 0.269 e. The fourth-order valence-electron chi connectivity index (χ4n) is 2.50. The monoisotopic (exact) mass is 340 g/mol. The summed E-state index contributed by atoms with van der Waals surface area (Å²) in [5.41, 5.74) is 0.851. The Kier molecular flexibility index (Phi) is 3.62. The minimum atomic E-state index is -0.415. The van der Waals surface area contributed by atoms with Gasteiger partial charge in [-0.2, -0.15) is 0 Å². The van der Waals surface area contributed by atoms with E-state index in [0.29, 0.717) is 12.5 Å². The van der Waals surface area contributed by atoms with E-state index in [0.717, 1.165) is 22.4 Å². The van der Waals surface area contributed by atoms with Crippen LogP contribution in [0.5, 0.6) is 0 Å². The van der Waals surface area contributed by atoms with E-state index in [2.05, 4.69) is 20.1 Å². The van der Waals surface area contributed by atoms with Crippen LogP contribution in [-0.4, -0.2) is 30.5 Å². The number of nitro benzene ring substituents is 1. The Bertz CT molecular complexity index is 881. The van der Waals surface area contributed by atoms with Gasteiger partial charge in [-0.15, -0.1) is 10.2 Å². The standard InChI is InChI=1S/C15H12N6O2S/c22-21(23)12-6-4-11(5-7-12)14-17-18-15-20(14)9-19(10-24-15)13-3-1-2-8-16-13/h1-8H,9-10H2. The van der Waals surface area contributed by atoms with Gasteiger partial charge in [-0.1, -0.05) is 17.8 Å². The Morgan fingerprint density at radius 3 is 2.67 bits per heavy atom. The Labute approximate surface area is 141 Å². The van der Waals surface area contributed by atoms with Gasteiger partial charge in [0.05, 0.1) is 10.8 Å². The molecule has 24 heavy (non-hydrogen) atoms. The van der Waals surface area contributed by atoms with Crippen LogP contribution in [-0.2, 0) is 6.67 Å². The molecular formula is C15H12N6O2S. The molecule has 4 rings (SSSR count). The lowest BCUT2D eigenvalue weighted by Gasteiger charge is -2.28.